The first-order valence-corrected chi connectivity index (χ1v) is 35.0. The summed E-state index contributed by atoms with van der Waals surface area (Å²) in [6.07, 6.45) is 14.2. The number of hydrogen-bond donors (Lipinski definition) is 0. The van der Waals surface area contributed by atoms with Crippen LogP contribution in [0.15, 0.2) is 256 Å². The van der Waals surface area contributed by atoms with Gasteiger partial charge in [-0.15, -0.1) is 0 Å². The molecule has 0 atom stereocenters. The Kier molecular flexibility index (Phi) is 18.6. The minimum atomic E-state index is -0.320. The number of rotatable bonds is 12. The molecule has 0 N–H and O–H groups in total. The number of pyridine rings is 3. The van der Waals surface area contributed by atoms with E-state index < -0.39 is 0 Å². The first-order valence-electron chi connectivity index (χ1n) is 35.0. The van der Waals surface area contributed by atoms with E-state index in [0.29, 0.717) is 70.7 Å². The van der Waals surface area contributed by atoms with Crippen LogP contribution in [0.1, 0.15) is 86.2 Å². The van der Waals surface area contributed by atoms with E-state index in [-0.39, 0.29) is 73.1 Å². The maximum Gasteiger partial charge on any atom is 0.256 e. The number of nitrogens with zero attached hydrogens (tertiary/aromatic N) is 13. The summed E-state index contributed by atoms with van der Waals surface area (Å²) < 4.78 is 64.1. The van der Waals surface area contributed by atoms with Crippen LogP contribution in [0.3, 0.4) is 0 Å². The molecular formula is C87H67F4N13O4. The monoisotopic (exact) mass is 1430 g/mol. The van der Waals surface area contributed by atoms with Crippen LogP contribution >= 0.6 is 0 Å². The van der Waals surface area contributed by atoms with E-state index in [1.807, 2.05) is 179 Å². The van der Waals surface area contributed by atoms with Gasteiger partial charge in [0.05, 0.1) is 59.0 Å². The Morgan fingerprint density at radius 3 is 1.25 bits per heavy atom. The fourth-order valence-electron chi connectivity index (χ4n) is 14.2. The van der Waals surface area contributed by atoms with Gasteiger partial charge in [0.15, 0.2) is 0 Å². The van der Waals surface area contributed by atoms with E-state index in [9.17, 15) is 36.7 Å². The molecule has 0 spiro atoms. The van der Waals surface area contributed by atoms with Crippen LogP contribution in [0.25, 0.3) is 77.1 Å². The summed E-state index contributed by atoms with van der Waals surface area (Å²) >= 11 is 0. The Morgan fingerprint density at radius 2 is 0.769 bits per heavy atom. The minimum Gasteiger partial charge on any atom is -0.330 e. The normalized spacial score (nSPS) is 13.3. The summed E-state index contributed by atoms with van der Waals surface area (Å²) in [4.78, 5) is 69.1. The van der Waals surface area contributed by atoms with Crippen LogP contribution in [0, 0.1) is 23.3 Å². The molecule has 0 fully saturated rings. The molecule has 108 heavy (non-hydrogen) atoms. The van der Waals surface area contributed by atoms with Crippen molar-refractivity contribution in [2.24, 2.45) is 21.1 Å². The van der Waals surface area contributed by atoms with Gasteiger partial charge in [0, 0.05) is 153 Å². The lowest BCUT2D eigenvalue weighted by atomic mass is 10.0. The topological polar surface area (TPSA) is 173 Å². The van der Waals surface area contributed by atoms with Gasteiger partial charge >= 0.3 is 0 Å². The van der Waals surface area contributed by atoms with Crippen LogP contribution in [0.2, 0.25) is 0 Å². The quantitative estimate of drug-likeness (QED) is 0.107. The van der Waals surface area contributed by atoms with Crippen molar-refractivity contribution in [3.05, 3.63) is 346 Å². The molecule has 0 bridgehead atoms. The van der Waals surface area contributed by atoms with E-state index in [1.54, 1.807) is 113 Å². The van der Waals surface area contributed by atoms with Gasteiger partial charge in [-0.2, -0.15) is 15.3 Å². The fraction of sp³-hybridized carbons (Fsp3) is 0.126. The molecule has 0 unspecified atom stereocenters. The van der Waals surface area contributed by atoms with Gasteiger partial charge in [-0.05, 0) is 146 Å². The Morgan fingerprint density at radius 1 is 0.343 bits per heavy atom. The van der Waals surface area contributed by atoms with E-state index in [0.717, 1.165) is 99.6 Å². The number of fused-ring (bicyclic) bond motifs is 7. The predicted molar refractivity (Wildman–Crippen MR) is 404 cm³/mol. The zero-order valence-electron chi connectivity index (χ0n) is 58.9. The molecule has 4 amide bonds. The van der Waals surface area contributed by atoms with Gasteiger partial charge in [0.2, 0.25) is 0 Å². The number of carbonyl (C=O) groups excluding carboxylic acids is 4. The summed E-state index contributed by atoms with van der Waals surface area (Å²) in [5.74, 6) is -1.53. The molecule has 9 aromatic carbocycles. The highest BCUT2D eigenvalue weighted by atomic mass is 19.1. The van der Waals surface area contributed by atoms with Crippen LogP contribution in [0.5, 0.6) is 0 Å². The lowest BCUT2D eigenvalue weighted by Crippen LogP contribution is -2.23. The van der Waals surface area contributed by atoms with Crippen molar-refractivity contribution >= 4 is 56.2 Å². The van der Waals surface area contributed by atoms with Crippen LogP contribution in [0.4, 0.5) is 17.6 Å². The summed E-state index contributed by atoms with van der Waals surface area (Å²) in [5.41, 5.74) is 16.9. The third-order valence-corrected chi connectivity index (χ3v) is 20.0. The second-order valence-electron chi connectivity index (χ2n) is 27.1. The van der Waals surface area contributed by atoms with Crippen molar-refractivity contribution in [2.45, 2.75) is 52.4 Å². The molecule has 0 saturated carbocycles. The number of carbonyl (C=O) groups is 4. The molecule has 0 radical (unpaired) electrons. The fourth-order valence-corrected chi connectivity index (χ4v) is 14.2. The van der Waals surface area contributed by atoms with Crippen molar-refractivity contribution in [2.75, 3.05) is 0 Å². The van der Waals surface area contributed by atoms with E-state index >= 15 is 0 Å². The second-order valence-corrected chi connectivity index (χ2v) is 27.1. The number of hydrogen-bond acceptors (Lipinski definition) is 10. The number of aryl methyl sites for hydroxylation is 3. The Hall–Kier alpha value is -13.6. The van der Waals surface area contributed by atoms with Crippen molar-refractivity contribution in [1.82, 2.24) is 63.9 Å². The second kappa shape index (κ2) is 29.2. The van der Waals surface area contributed by atoms with Crippen LogP contribution in [-0.4, -0.2) is 87.5 Å². The number of benzene rings is 9. The molecule has 17 nitrogen and oxygen atoms in total. The largest absolute Gasteiger partial charge is 0.330 e. The molecule has 21 heteroatoms. The van der Waals surface area contributed by atoms with Crippen molar-refractivity contribution in [1.29, 1.82) is 0 Å². The van der Waals surface area contributed by atoms with E-state index in [2.05, 4.69) is 30.2 Å². The molecule has 4 aliphatic rings. The maximum atomic E-state index is 14.8. The summed E-state index contributed by atoms with van der Waals surface area (Å²) in [5, 5.41) is 16.9. The lowest BCUT2D eigenvalue weighted by molar-refractivity contribution is 0.0757. The van der Waals surface area contributed by atoms with E-state index in [1.165, 1.54) is 18.2 Å². The zero-order valence-corrected chi connectivity index (χ0v) is 58.9. The predicted octanol–water partition coefficient (Wildman–Crippen LogP) is 16.4. The van der Waals surface area contributed by atoms with Gasteiger partial charge in [0.25, 0.3) is 23.6 Å². The van der Waals surface area contributed by atoms with Crippen LogP contribution in [-0.2, 0) is 73.5 Å². The van der Waals surface area contributed by atoms with Gasteiger partial charge in [0.1, 0.15) is 23.3 Å². The van der Waals surface area contributed by atoms with Gasteiger partial charge in [-0.3, -0.25) is 48.2 Å². The third-order valence-electron chi connectivity index (χ3n) is 20.0. The van der Waals surface area contributed by atoms with E-state index in [4.69, 9.17) is 0 Å². The highest BCUT2D eigenvalue weighted by Gasteiger charge is 2.32. The Bertz CT molecular complexity index is 6060. The number of amides is 4. The highest BCUT2D eigenvalue weighted by molar-refractivity contribution is 6.00. The minimum absolute atomic E-state index is 0.0396. The molecule has 4 aliphatic heterocycles. The van der Waals surface area contributed by atoms with Crippen LogP contribution < -0.4 is 0 Å². The highest BCUT2D eigenvalue weighted by Crippen LogP contribution is 2.34. The van der Waals surface area contributed by atoms with Crippen molar-refractivity contribution in [3.8, 4) is 44.5 Å². The maximum absolute atomic E-state index is 14.8. The smallest absolute Gasteiger partial charge is 0.256 e. The molecule has 0 aliphatic carbocycles. The first-order chi connectivity index (χ1) is 52.5. The molecular weight excluding hydrogens is 1370 g/mol. The lowest BCUT2D eigenvalue weighted by Gasteiger charge is -2.16. The van der Waals surface area contributed by atoms with Crippen molar-refractivity contribution < 1.29 is 36.7 Å². The zero-order chi connectivity index (χ0) is 74.3. The third kappa shape index (κ3) is 14.1. The molecule has 532 valence electrons. The summed E-state index contributed by atoms with van der Waals surface area (Å²) in [6.45, 7) is 2.86. The standard InChI is InChI=1S/C24H17FN2O.2C22H17FN4O.C19H16FN3O/c25-23-12-17(16-5-7-19-13-26-10-9-18(19)11-16)6-8-21(23)15-27-14-20-3-1-2-4-22(20)24(27)28;1-26-21-10-15(4-6-16(21)11-25-26)14-5-7-17(19(23)9-14)12-27-13-20-18(22(27)28)3-2-8-24-20;1-26-11-17-9-14(6-7-20(17)25-26)15-4-5-16(19(23)10-15)12-27-13-21-18(22(27)28)3-2-8-24-21;1-22-10-16(9-21-22)13-6-7-15(18(20)8-13)12-23-11-14-4-2-3-5-17(14)19(23)24/h1-13H,14-15H2;2*2-11H,12-13H2,1H3;2-10H,11-12H2,1H3. The molecule has 10 heterocycles. The molecule has 0 saturated heterocycles. The summed E-state index contributed by atoms with van der Waals surface area (Å²) in [6, 6.07) is 62.5. The average molecular weight is 1430 g/mol. The number of halogens is 4. The van der Waals surface area contributed by atoms with Gasteiger partial charge < -0.3 is 19.6 Å². The molecule has 6 aromatic heterocycles. The number of aromatic nitrogens is 9. The molecule has 19 rings (SSSR count). The SMILES string of the molecule is Cn1cc(-c2ccc(CN3Cc4ccccc4C3=O)c(F)c2)cn1.Cn1cc2cc(-c3ccc(CN4Cc5ncccc5C4=O)c(F)c3)ccc2n1.Cn1ncc2ccc(-c3ccc(CN4Cc5ncccc5C4=O)c(F)c3)cc21.O=C1c2ccccc2CN1Cc1ccc(-c2ccc3cnccc3c2)cc1F. The molecule has 15 aromatic rings. The summed E-state index contributed by atoms with van der Waals surface area (Å²) in [7, 11) is 5.59. The first kappa shape index (κ1) is 68.8. The Balaban J connectivity index is 0.000000110. The Labute approximate surface area is 617 Å². The average Bonchev–Trinajstić information content (AvgIpc) is 1.65. The van der Waals surface area contributed by atoms with Crippen molar-refractivity contribution in [3.63, 3.8) is 0 Å². The van der Waals surface area contributed by atoms with Gasteiger partial charge in [-0.25, -0.2) is 17.6 Å². The van der Waals surface area contributed by atoms with Gasteiger partial charge in [-0.1, -0.05) is 115 Å².